The molecule has 3 aromatic carbocycles. The summed E-state index contributed by atoms with van der Waals surface area (Å²) in [6, 6.07) is 23.9. The van der Waals surface area contributed by atoms with E-state index in [1.807, 2.05) is 42.5 Å². The fourth-order valence-corrected chi connectivity index (χ4v) is 6.68. The number of carbonyl (C=O) groups excluding carboxylic acids is 2. The van der Waals surface area contributed by atoms with Gasteiger partial charge in [-0.2, -0.15) is 0 Å². The molecule has 3 N–H and O–H groups in total. The minimum atomic E-state index is -0.433. The van der Waals surface area contributed by atoms with E-state index in [9.17, 15) is 14.7 Å². The molecule has 3 aliphatic heterocycles. The van der Waals surface area contributed by atoms with Gasteiger partial charge in [-0.15, -0.1) is 0 Å². The number of morpholine rings is 1. The van der Waals surface area contributed by atoms with Crippen molar-refractivity contribution in [2.45, 2.75) is 69.1 Å². The third kappa shape index (κ3) is 5.86. The first-order valence-corrected chi connectivity index (χ1v) is 14.5. The molecule has 2 amide bonds. The maximum atomic E-state index is 13.1. The molecule has 214 valence electrons. The summed E-state index contributed by atoms with van der Waals surface area (Å²) in [7, 11) is 4.52. The summed E-state index contributed by atoms with van der Waals surface area (Å²) in [5.41, 5.74) is 5.18. The topological polar surface area (TPSA) is 100 Å². The second kappa shape index (κ2) is 11.3. The Morgan fingerprint density at radius 1 is 0.927 bits per heavy atom. The Bertz CT molecular complexity index is 1390. The highest BCUT2D eigenvalue weighted by Gasteiger charge is 2.70. The number of aryl methyl sites for hydroxylation is 1. The zero-order chi connectivity index (χ0) is 28.6. The highest BCUT2D eigenvalue weighted by molar-refractivity contribution is 5.92. The summed E-state index contributed by atoms with van der Waals surface area (Å²) in [5, 5.41) is 15.1. The van der Waals surface area contributed by atoms with Gasteiger partial charge in [-0.3, -0.25) is 10.1 Å². The zero-order valence-corrected chi connectivity index (χ0v) is 23.6. The van der Waals surface area contributed by atoms with Crippen molar-refractivity contribution in [1.29, 1.82) is 0 Å². The van der Waals surface area contributed by atoms with E-state index in [-0.39, 0.29) is 18.6 Å². The van der Waals surface area contributed by atoms with Crippen molar-refractivity contribution in [3.05, 3.63) is 83.9 Å². The molecule has 1 unspecified atom stereocenters. The molecule has 2 bridgehead atoms. The van der Waals surface area contributed by atoms with Crippen LogP contribution in [0.2, 0.25) is 0 Å². The molecule has 0 aromatic heterocycles. The number of aliphatic hydroxyl groups is 1. The smallest absolute Gasteiger partial charge is 0.411 e. The SMILES string of the molecule is C[N+]1(C)[C@@H]2CC(OC(=O)Nc3cc(CCCC(=O)Nc4ccc(CO)cc4)ccc3-c3ccccc3)C[C@H]1[C@@H]1O[C@@H]12. The second-order valence-corrected chi connectivity index (χ2v) is 12.0. The number of piperidine rings is 1. The molecule has 3 saturated heterocycles. The molecule has 8 nitrogen and oxygen atoms in total. The van der Waals surface area contributed by atoms with Crippen LogP contribution in [0, 0.1) is 0 Å². The molecule has 3 fully saturated rings. The molecule has 0 aliphatic carbocycles. The minimum absolute atomic E-state index is 0.0264. The number of anilines is 2. The van der Waals surface area contributed by atoms with Gasteiger partial charge < -0.3 is 24.4 Å². The number of rotatable bonds is 9. The lowest BCUT2D eigenvalue weighted by Crippen LogP contribution is -2.60. The number of likely N-dealkylation sites (N-methyl/N-ethyl adjacent to an activating group) is 1. The van der Waals surface area contributed by atoms with Gasteiger partial charge in [-0.05, 0) is 47.7 Å². The number of epoxide rings is 1. The number of aliphatic hydroxyl groups excluding tert-OH is 1. The molecular weight excluding hydrogens is 518 g/mol. The van der Waals surface area contributed by atoms with E-state index in [0.29, 0.717) is 54.9 Å². The first-order chi connectivity index (χ1) is 19.8. The Kier molecular flexibility index (Phi) is 7.55. The largest absolute Gasteiger partial charge is 0.445 e. The lowest BCUT2D eigenvalue weighted by molar-refractivity contribution is -0.938. The van der Waals surface area contributed by atoms with Crippen molar-refractivity contribution in [1.82, 2.24) is 0 Å². The zero-order valence-electron chi connectivity index (χ0n) is 23.6. The van der Waals surface area contributed by atoms with Gasteiger partial charge in [0.15, 0.2) is 0 Å². The highest BCUT2D eigenvalue weighted by atomic mass is 16.6. The molecule has 3 aliphatic rings. The summed E-state index contributed by atoms with van der Waals surface area (Å²) >= 11 is 0. The Labute approximate surface area is 240 Å². The van der Waals surface area contributed by atoms with Crippen LogP contribution in [-0.2, 0) is 27.3 Å². The number of nitrogens with zero attached hydrogens (tertiary/aromatic N) is 1. The number of amides is 2. The number of hydrogen-bond donors (Lipinski definition) is 3. The van der Waals surface area contributed by atoms with Crippen LogP contribution in [0.25, 0.3) is 11.1 Å². The van der Waals surface area contributed by atoms with Crippen molar-refractivity contribution >= 4 is 23.4 Å². The fraction of sp³-hybridized carbons (Fsp3) is 0.394. The van der Waals surface area contributed by atoms with E-state index in [0.717, 1.165) is 39.6 Å². The third-order valence-electron chi connectivity index (χ3n) is 9.01. The lowest BCUT2D eigenvalue weighted by Gasteiger charge is -2.45. The number of ether oxygens (including phenoxy) is 2. The van der Waals surface area contributed by atoms with Crippen LogP contribution in [0.15, 0.2) is 72.8 Å². The number of benzene rings is 3. The first kappa shape index (κ1) is 27.4. The summed E-state index contributed by atoms with van der Waals surface area (Å²) in [4.78, 5) is 25.6. The summed E-state index contributed by atoms with van der Waals surface area (Å²) in [5.74, 6) is -0.0594. The number of hydrogen-bond acceptors (Lipinski definition) is 5. The van der Waals surface area contributed by atoms with Gasteiger partial charge in [-0.1, -0.05) is 54.6 Å². The normalized spacial score (nSPS) is 25.2. The molecular formula is C33H38N3O5+. The molecule has 41 heavy (non-hydrogen) atoms. The predicted molar refractivity (Wildman–Crippen MR) is 157 cm³/mol. The molecule has 0 radical (unpaired) electrons. The average molecular weight is 557 g/mol. The van der Waals surface area contributed by atoms with E-state index in [1.54, 1.807) is 24.3 Å². The van der Waals surface area contributed by atoms with Gasteiger partial charge in [0.1, 0.15) is 30.4 Å². The Hall–Kier alpha value is -3.72. The monoisotopic (exact) mass is 556 g/mol. The van der Waals surface area contributed by atoms with Gasteiger partial charge in [-0.25, -0.2) is 4.79 Å². The molecule has 0 saturated carbocycles. The van der Waals surface area contributed by atoms with Crippen LogP contribution in [0.5, 0.6) is 0 Å². The molecule has 5 atom stereocenters. The summed E-state index contributed by atoms with van der Waals surface area (Å²) < 4.78 is 12.8. The molecule has 6 rings (SSSR count). The number of quaternary nitrogens is 1. The fourth-order valence-electron chi connectivity index (χ4n) is 6.68. The van der Waals surface area contributed by atoms with Crippen LogP contribution in [0.3, 0.4) is 0 Å². The number of carbonyl (C=O) groups is 2. The Morgan fingerprint density at radius 2 is 1.61 bits per heavy atom. The van der Waals surface area contributed by atoms with Crippen LogP contribution in [0.1, 0.15) is 36.8 Å². The van der Waals surface area contributed by atoms with Gasteiger partial charge >= 0.3 is 6.09 Å². The maximum absolute atomic E-state index is 13.1. The first-order valence-electron chi connectivity index (χ1n) is 14.5. The Morgan fingerprint density at radius 3 is 2.29 bits per heavy atom. The van der Waals surface area contributed by atoms with E-state index in [2.05, 4.69) is 30.8 Å². The van der Waals surface area contributed by atoms with Gasteiger partial charge in [0.2, 0.25) is 5.91 Å². The predicted octanol–water partition coefficient (Wildman–Crippen LogP) is 5.11. The van der Waals surface area contributed by atoms with Crippen LogP contribution in [-0.4, -0.2) is 66.1 Å². The quantitative estimate of drug-likeness (QED) is 0.251. The average Bonchev–Trinajstić information content (AvgIpc) is 3.73. The summed E-state index contributed by atoms with van der Waals surface area (Å²) in [6.07, 6.45) is 3.43. The molecule has 8 heteroatoms. The highest BCUT2D eigenvalue weighted by Crippen LogP contribution is 2.51. The van der Waals surface area contributed by atoms with Crippen molar-refractivity contribution < 1.29 is 28.7 Å². The third-order valence-corrected chi connectivity index (χ3v) is 9.01. The molecule has 0 spiro atoms. The number of fused-ring (bicyclic) bond motifs is 5. The minimum Gasteiger partial charge on any atom is -0.445 e. The van der Waals surface area contributed by atoms with Gasteiger partial charge in [0, 0.05) is 30.5 Å². The molecule has 3 heterocycles. The van der Waals surface area contributed by atoms with Crippen molar-refractivity contribution in [3.8, 4) is 11.1 Å². The Balaban J connectivity index is 1.09. The van der Waals surface area contributed by atoms with E-state index in [1.165, 1.54) is 0 Å². The maximum Gasteiger partial charge on any atom is 0.411 e. The second-order valence-electron chi connectivity index (χ2n) is 12.0. The van der Waals surface area contributed by atoms with Crippen molar-refractivity contribution in [2.75, 3.05) is 24.7 Å². The van der Waals surface area contributed by atoms with Crippen LogP contribution in [0.4, 0.5) is 16.2 Å². The van der Waals surface area contributed by atoms with Gasteiger partial charge in [0.25, 0.3) is 0 Å². The van der Waals surface area contributed by atoms with Crippen LogP contribution < -0.4 is 10.6 Å². The van der Waals surface area contributed by atoms with Crippen molar-refractivity contribution in [3.63, 3.8) is 0 Å². The number of nitrogens with one attached hydrogen (secondary N) is 2. The summed E-state index contributed by atoms with van der Waals surface area (Å²) in [6.45, 7) is -0.0264. The standard InChI is InChI=1S/C33H37N3O5/c1-36(2)28-18-25(19-29(36)32-31(28)41-32)40-33(39)35-27-17-21(13-16-26(27)23-8-4-3-5-9-23)7-6-10-30(38)34-24-14-11-22(20-37)12-15-24/h3-5,8-9,11-17,25,28-29,31-32,37H,6-7,10,18-20H2,1-2H3,(H-,34,35,38,39)/p+1/t25?,28-,29+,31-,32+. The lowest BCUT2D eigenvalue weighted by atomic mass is 9.96. The van der Waals surface area contributed by atoms with E-state index >= 15 is 0 Å². The van der Waals surface area contributed by atoms with Gasteiger partial charge in [0.05, 0.1) is 26.4 Å². The van der Waals surface area contributed by atoms with E-state index in [4.69, 9.17) is 9.47 Å². The molecule has 3 aromatic rings. The van der Waals surface area contributed by atoms with E-state index < -0.39 is 6.09 Å². The van der Waals surface area contributed by atoms with Crippen molar-refractivity contribution in [2.24, 2.45) is 0 Å². The van der Waals surface area contributed by atoms with Crippen LogP contribution >= 0.6 is 0 Å².